The van der Waals surface area contributed by atoms with E-state index in [1.165, 1.54) is 24.9 Å². The van der Waals surface area contributed by atoms with Crippen LogP contribution in [0.4, 0.5) is 0 Å². The Bertz CT molecular complexity index is 597. The Morgan fingerprint density at radius 2 is 1.72 bits per heavy atom. The Hall–Kier alpha value is -1.39. The van der Waals surface area contributed by atoms with Crippen LogP contribution in [0.25, 0.3) is 0 Å². The molecule has 0 unspecified atom stereocenters. The first-order valence-corrected chi connectivity index (χ1v) is 9.87. The number of likely N-dealkylation sites (N-methyl/N-ethyl adjacent to an activating group) is 1. The molecule has 0 N–H and O–H groups in total. The summed E-state index contributed by atoms with van der Waals surface area (Å²) in [5.41, 5.74) is 0.785. The van der Waals surface area contributed by atoms with Crippen molar-refractivity contribution in [2.45, 2.75) is 56.0 Å². The van der Waals surface area contributed by atoms with Gasteiger partial charge in [-0.05, 0) is 57.7 Å². The first-order valence-electron chi connectivity index (χ1n) is 9.87. The van der Waals surface area contributed by atoms with Crippen LogP contribution in [0.1, 0.15) is 44.1 Å². The summed E-state index contributed by atoms with van der Waals surface area (Å²) in [5, 5.41) is 0. The van der Waals surface area contributed by atoms with Crippen molar-refractivity contribution in [3.63, 3.8) is 0 Å². The molecule has 1 aromatic carbocycles. The van der Waals surface area contributed by atoms with Crippen LogP contribution in [0.15, 0.2) is 30.3 Å². The highest BCUT2D eigenvalue weighted by Crippen LogP contribution is 2.40. The predicted molar refractivity (Wildman–Crippen MR) is 98.6 cm³/mol. The van der Waals surface area contributed by atoms with Gasteiger partial charge in [0.25, 0.3) is 0 Å². The number of hydrogen-bond donors (Lipinski definition) is 0. The molecular formula is C21H30N2O2. The number of carbonyl (C=O) groups is 1. The van der Waals surface area contributed by atoms with E-state index >= 15 is 0 Å². The highest BCUT2D eigenvalue weighted by atomic mass is 16.5. The quantitative estimate of drug-likeness (QED) is 0.847. The fourth-order valence-electron chi connectivity index (χ4n) is 5.24. The summed E-state index contributed by atoms with van der Waals surface area (Å²) < 4.78 is 5.62. The fraction of sp³-hybridized carbons (Fsp3) is 0.667. The average molecular weight is 342 g/mol. The van der Waals surface area contributed by atoms with Gasteiger partial charge in [0.15, 0.2) is 0 Å². The molecule has 1 aromatic rings. The van der Waals surface area contributed by atoms with Crippen molar-refractivity contribution >= 4 is 5.91 Å². The molecule has 0 aromatic heterocycles. The van der Waals surface area contributed by atoms with Crippen LogP contribution in [0.3, 0.4) is 0 Å². The Labute approximate surface area is 151 Å². The van der Waals surface area contributed by atoms with Gasteiger partial charge in [0.05, 0.1) is 5.41 Å². The van der Waals surface area contributed by atoms with E-state index in [2.05, 4.69) is 41.1 Å². The minimum absolute atomic E-state index is 0.352. The van der Waals surface area contributed by atoms with Crippen LogP contribution in [0.5, 0.6) is 0 Å². The second-order valence-corrected chi connectivity index (χ2v) is 7.96. The summed E-state index contributed by atoms with van der Waals surface area (Å²) >= 11 is 0. The topological polar surface area (TPSA) is 32.8 Å². The third kappa shape index (κ3) is 3.00. The largest absolute Gasteiger partial charge is 0.381 e. The van der Waals surface area contributed by atoms with E-state index in [-0.39, 0.29) is 5.41 Å². The van der Waals surface area contributed by atoms with Crippen molar-refractivity contribution in [1.29, 1.82) is 0 Å². The van der Waals surface area contributed by atoms with Gasteiger partial charge in [0.2, 0.25) is 5.91 Å². The van der Waals surface area contributed by atoms with Crippen molar-refractivity contribution in [1.82, 2.24) is 9.80 Å². The summed E-state index contributed by atoms with van der Waals surface area (Å²) in [5.74, 6) is 0.352. The zero-order chi connectivity index (χ0) is 17.3. The monoisotopic (exact) mass is 342 g/mol. The molecule has 136 valence electrons. The van der Waals surface area contributed by atoms with Crippen molar-refractivity contribution in [2.24, 2.45) is 0 Å². The van der Waals surface area contributed by atoms with Crippen molar-refractivity contribution in [3.05, 3.63) is 35.9 Å². The Morgan fingerprint density at radius 1 is 1.04 bits per heavy atom. The number of carbonyl (C=O) groups excluding carboxylic acids is 1. The highest BCUT2D eigenvalue weighted by Gasteiger charge is 2.48. The number of rotatable bonds is 3. The molecule has 4 heteroatoms. The normalized spacial score (nSPS) is 29.9. The zero-order valence-corrected chi connectivity index (χ0v) is 15.3. The minimum Gasteiger partial charge on any atom is -0.381 e. The smallest absolute Gasteiger partial charge is 0.233 e. The second kappa shape index (κ2) is 7.08. The fourth-order valence-corrected chi connectivity index (χ4v) is 5.24. The van der Waals surface area contributed by atoms with Gasteiger partial charge >= 0.3 is 0 Å². The van der Waals surface area contributed by atoms with E-state index in [9.17, 15) is 4.79 Å². The lowest BCUT2D eigenvalue weighted by molar-refractivity contribution is -0.143. The van der Waals surface area contributed by atoms with E-state index in [1.54, 1.807) is 0 Å². The van der Waals surface area contributed by atoms with E-state index in [1.807, 2.05) is 6.07 Å². The van der Waals surface area contributed by atoms with E-state index in [0.717, 1.165) is 32.2 Å². The molecular weight excluding hydrogens is 312 g/mol. The van der Waals surface area contributed by atoms with Gasteiger partial charge in [-0.25, -0.2) is 0 Å². The van der Waals surface area contributed by atoms with E-state index in [0.29, 0.717) is 31.2 Å². The lowest BCUT2D eigenvalue weighted by Gasteiger charge is -2.42. The lowest BCUT2D eigenvalue weighted by atomic mass is 9.72. The summed E-state index contributed by atoms with van der Waals surface area (Å²) in [6.45, 7) is 3.45. The number of hydrogen-bond acceptors (Lipinski definition) is 3. The van der Waals surface area contributed by atoms with Crippen LogP contribution in [-0.2, 0) is 14.9 Å². The van der Waals surface area contributed by atoms with Gasteiger partial charge in [-0.1, -0.05) is 30.3 Å². The van der Waals surface area contributed by atoms with Crippen LogP contribution >= 0.6 is 0 Å². The van der Waals surface area contributed by atoms with E-state index < -0.39 is 0 Å². The van der Waals surface area contributed by atoms with Gasteiger partial charge in [0, 0.05) is 31.8 Å². The van der Waals surface area contributed by atoms with Crippen LogP contribution in [-0.4, -0.2) is 61.1 Å². The van der Waals surface area contributed by atoms with Crippen LogP contribution in [0.2, 0.25) is 0 Å². The van der Waals surface area contributed by atoms with Crippen LogP contribution in [0, 0.1) is 0 Å². The zero-order valence-electron chi connectivity index (χ0n) is 15.3. The maximum absolute atomic E-state index is 13.8. The minimum atomic E-state index is -0.390. The molecule has 4 rings (SSSR count). The van der Waals surface area contributed by atoms with Gasteiger partial charge in [0.1, 0.15) is 0 Å². The summed E-state index contributed by atoms with van der Waals surface area (Å²) in [6.07, 6.45) is 6.40. The Morgan fingerprint density at radius 3 is 2.40 bits per heavy atom. The van der Waals surface area contributed by atoms with Gasteiger partial charge in [-0.3, -0.25) is 4.79 Å². The molecule has 25 heavy (non-hydrogen) atoms. The average Bonchev–Trinajstić information content (AvgIpc) is 3.31. The molecule has 2 atom stereocenters. The van der Waals surface area contributed by atoms with E-state index in [4.69, 9.17) is 4.74 Å². The predicted octanol–water partition coefficient (Wildman–Crippen LogP) is 2.82. The molecule has 3 aliphatic rings. The first kappa shape index (κ1) is 17.0. The third-order valence-electron chi connectivity index (χ3n) is 6.66. The summed E-state index contributed by atoms with van der Waals surface area (Å²) in [7, 11) is 2.22. The van der Waals surface area contributed by atoms with Crippen molar-refractivity contribution in [2.75, 3.05) is 33.4 Å². The molecule has 3 aliphatic heterocycles. The SMILES string of the molecule is CN1CCC[C@H]1[C@H]1CCCN1C(=O)C1(c2ccccc2)CCOCC1. The molecule has 3 fully saturated rings. The van der Waals surface area contributed by atoms with Gasteiger partial charge in [-0.15, -0.1) is 0 Å². The first-order chi connectivity index (χ1) is 12.2. The standard InChI is InChI=1S/C21H30N2O2/c1-22-13-5-9-18(22)19-10-6-14-23(19)20(24)21(11-15-25-16-12-21)17-7-3-2-4-8-17/h2-4,7-8,18-19H,5-6,9-16H2,1H3/t18-,19+/m0/s1. The molecule has 3 saturated heterocycles. The number of benzene rings is 1. The highest BCUT2D eigenvalue weighted by molar-refractivity contribution is 5.89. The third-order valence-corrected chi connectivity index (χ3v) is 6.66. The van der Waals surface area contributed by atoms with Crippen molar-refractivity contribution in [3.8, 4) is 0 Å². The summed E-state index contributed by atoms with van der Waals surface area (Å²) in [6, 6.07) is 11.4. The molecule has 0 aliphatic carbocycles. The summed E-state index contributed by atoms with van der Waals surface area (Å²) in [4.78, 5) is 18.6. The van der Waals surface area contributed by atoms with Crippen LogP contribution < -0.4 is 0 Å². The maximum atomic E-state index is 13.8. The molecule has 3 heterocycles. The van der Waals surface area contributed by atoms with Crippen molar-refractivity contribution < 1.29 is 9.53 Å². The lowest BCUT2D eigenvalue weighted by Crippen LogP contribution is -2.55. The maximum Gasteiger partial charge on any atom is 0.233 e. The molecule has 4 nitrogen and oxygen atoms in total. The molecule has 1 amide bonds. The molecule has 0 spiro atoms. The number of ether oxygens (including phenoxy) is 1. The number of likely N-dealkylation sites (tertiary alicyclic amines) is 2. The van der Waals surface area contributed by atoms with Gasteiger partial charge in [-0.2, -0.15) is 0 Å². The molecule has 0 saturated carbocycles. The number of amides is 1. The number of nitrogens with zero attached hydrogens (tertiary/aromatic N) is 2. The molecule has 0 radical (unpaired) electrons. The second-order valence-electron chi connectivity index (χ2n) is 7.96. The Balaban J connectivity index is 1.64. The van der Waals surface area contributed by atoms with Gasteiger partial charge < -0.3 is 14.5 Å². The Kier molecular flexibility index (Phi) is 4.83. The molecule has 0 bridgehead atoms.